The van der Waals surface area contributed by atoms with Gasteiger partial charge in [-0.1, -0.05) is 32.9 Å². The molecular weight excluding hydrogens is 406 g/mol. The molecule has 7 heteroatoms. The number of hydrogen-bond acceptors (Lipinski definition) is 5. The lowest BCUT2D eigenvalue weighted by Crippen LogP contribution is -2.34. The topological polar surface area (TPSA) is 82.5 Å². The Morgan fingerprint density at radius 2 is 1.62 bits per heavy atom. The first-order valence-electron chi connectivity index (χ1n) is 10.5. The van der Waals surface area contributed by atoms with E-state index in [-0.39, 0.29) is 36.6 Å². The first-order chi connectivity index (χ1) is 15.3. The van der Waals surface area contributed by atoms with Crippen molar-refractivity contribution in [2.45, 2.75) is 32.7 Å². The Kier molecular flexibility index (Phi) is 7.30. The van der Waals surface area contributed by atoms with Crippen LogP contribution in [0.15, 0.2) is 65.5 Å². The monoisotopic (exact) mass is 435 g/mol. The number of hydrogen-bond donors (Lipinski definition) is 1. The van der Waals surface area contributed by atoms with Crippen LogP contribution in [0.25, 0.3) is 11.3 Å². The van der Waals surface area contributed by atoms with Gasteiger partial charge in [-0.25, -0.2) is 4.68 Å². The molecule has 7 nitrogen and oxygen atoms in total. The maximum Gasteiger partial charge on any atom is 0.266 e. The van der Waals surface area contributed by atoms with Crippen LogP contribution < -0.4 is 20.3 Å². The summed E-state index contributed by atoms with van der Waals surface area (Å²) in [5, 5.41) is 7.16. The molecule has 0 aliphatic rings. The van der Waals surface area contributed by atoms with E-state index in [2.05, 4.69) is 31.2 Å². The Morgan fingerprint density at radius 1 is 0.969 bits per heavy atom. The van der Waals surface area contributed by atoms with E-state index in [1.807, 2.05) is 48.5 Å². The minimum absolute atomic E-state index is 0.0622. The van der Waals surface area contributed by atoms with Crippen LogP contribution in [0.2, 0.25) is 0 Å². The molecule has 0 aliphatic carbocycles. The minimum Gasteiger partial charge on any atom is -0.497 e. The van der Waals surface area contributed by atoms with E-state index in [0.29, 0.717) is 11.4 Å². The largest absolute Gasteiger partial charge is 0.497 e. The van der Waals surface area contributed by atoms with E-state index in [9.17, 15) is 9.59 Å². The summed E-state index contributed by atoms with van der Waals surface area (Å²) in [6.07, 6.45) is 0. The van der Waals surface area contributed by atoms with Crippen LogP contribution in [0.4, 0.5) is 0 Å². The van der Waals surface area contributed by atoms with Gasteiger partial charge in [0.1, 0.15) is 11.5 Å². The molecule has 0 saturated heterocycles. The van der Waals surface area contributed by atoms with E-state index < -0.39 is 0 Å². The normalized spacial score (nSPS) is 11.1. The highest BCUT2D eigenvalue weighted by atomic mass is 16.5. The lowest BCUT2D eigenvalue weighted by molar-refractivity contribution is -0.123. The van der Waals surface area contributed by atoms with Crippen LogP contribution >= 0.6 is 0 Å². The molecule has 0 atom stereocenters. The standard InChI is InChI=1S/C25H29N3O4/c1-25(2,3)19-7-11-21(12-8-19)32-17-23(29)26-15-16-28-24(30)14-13-22(27-28)18-5-9-20(31-4)10-6-18/h5-14H,15-17H2,1-4H3,(H,26,29). The first kappa shape index (κ1) is 23.1. The zero-order valence-electron chi connectivity index (χ0n) is 18.9. The molecule has 1 aromatic heterocycles. The summed E-state index contributed by atoms with van der Waals surface area (Å²) in [6, 6.07) is 18.3. The quantitative estimate of drug-likeness (QED) is 0.586. The number of rotatable bonds is 8. The van der Waals surface area contributed by atoms with Crippen molar-refractivity contribution in [2.75, 3.05) is 20.3 Å². The van der Waals surface area contributed by atoms with Crippen molar-refractivity contribution in [3.8, 4) is 22.8 Å². The average molecular weight is 436 g/mol. The van der Waals surface area contributed by atoms with E-state index >= 15 is 0 Å². The number of methoxy groups -OCH3 is 1. The zero-order valence-corrected chi connectivity index (χ0v) is 18.9. The molecule has 168 valence electrons. The van der Waals surface area contributed by atoms with Crippen LogP contribution in [0, 0.1) is 0 Å². The second-order valence-corrected chi connectivity index (χ2v) is 8.42. The number of ether oxygens (including phenoxy) is 2. The van der Waals surface area contributed by atoms with E-state index in [1.54, 1.807) is 13.2 Å². The van der Waals surface area contributed by atoms with Crippen LogP contribution in [0.1, 0.15) is 26.3 Å². The minimum atomic E-state index is -0.260. The maximum atomic E-state index is 12.1. The van der Waals surface area contributed by atoms with Gasteiger partial charge in [-0.05, 0) is 53.4 Å². The fourth-order valence-corrected chi connectivity index (χ4v) is 3.08. The first-order valence-corrected chi connectivity index (χ1v) is 10.5. The summed E-state index contributed by atoms with van der Waals surface area (Å²) < 4.78 is 12.1. The molecule has 0 spiro atoms. The van der Waals surface area contributed by atoms with Crippen molar-refractivity contribution in [3.05, 3.63) is 76.6 Å². The number of benzene rings is 2. The van der Waals surface area contributed by atoms with E-state index in [1.165, 1.54) is 16.3 Å². The van der Waals surface area contributed by atoms with Gasteiger partial charge in [-0.2, -0.15) is 5.10 Å². The molecule has 3 aromatic rings. The van der Waals surface area contributed by atoms with Gasteiger partial charge in [0.2, 0.25) is 0 Å². The van der Waals surface area contributed by atoms with Crippen LogP contribution in [-0.4, -0.2) is 35.9 Å². The maximum absolute atomic E-state index is 12.1. The number of carbonyl (C=O) groups is 1. The predicted molar refractivity (Wildman–Crippen MR) is 124 cm³/mol. The Labute approximate surface area is 188 Å². The molecule has 0 radical (unpaired) electrons. The molecule has 1 amide bonds. The molecule has 0 saturated carbocycles. The van der Waals surface area contributed by atoms with Gasteiger partial charge in [0.05, 0.1) is 19.3 Å². The molecule has 0 bridgehead atoms. The third kappa shape index (κ3) is 6.20. The summed E-state index contributed by atoms with van der Waals surface area (Å²) >= 11 is 0. The molecule has 0 unspecified atom stereocenters. The van der Waals surface area contributed by atoms with E-state index in [0.717, 1.165) is 11.3 Å². The lowest BCUT2D eigenvalue weighted by Gasteiger charge is -2.19. The predicted octanol–water partition coefficient (Wildman–Crippen LogP) is 3.41. The summed E-state index contributed by atoms with van der Waals surface area (Å²) in [4.78, 5) is 24.2. The summed E-state index contributed by atoms with van der Waals surface area (Å²) in [6.45, 7) is 6.86. The highest BCUT2D eigenvalue weighted by Gasteiger charge is 2.13. The third-order valence-corrected chi connectivity index (χ3v) is 4.99. The molecule has 1 N–H and O–H groups in total. The smallest absolute Gasteiger partial charge is 0.266 e. The summed E-state index contributed by atoms with van der Waals surface area (Å²) in [5.41, 5.74) is 2.57. The van der Waals surface area contributed by atoms with Gasteiger partial charge < -0.3 is 14.8 Å². The number of amides is 1. The van der Waals surface area contributed by atoms with Gasteiger partial charge in [0.25, 0.3) is 11.5 Å². The fraction of sp³-hybridized carbons (Fsp3) is 0.320. The fourth-order valence-electron chi connectivity index (χ4n) is 3.08. The average Bonchev–Trinajstić information content (AvgIpc) is 2.79. The summed E-state index contributed by atoms with van der Waals surface area (Å²) in [5.74, 6) is 1.12. The van der Waals surface area contributed by atoms with Gasteiger partial charge in [0.15, 0.2) is 6.61 Å². The molecule has 2 aromatic carbocycles. The van der Waals surface area contributed by atoms with Gasteiger partial charge >= 0.3 is 0 Å². The Morgan fingerprint density at radius 3 is 2.25 bits per heavy atom. The second-order valence-electron chi connectivity index (χ2n) is 8.42. The lowest BCUT2D eigenvalue weighted by atomic mass is 9.87. The number of nitrogens with one attached hydrogen (secondary N) is 1. The van der Waals surface area contributed by atoms with Crippen LogP contribution in [-0.2, 0) is 16.8 Å². The van der Waals surface area contributed by atoms with E-state index in [4.69, 9.17) is 9.47 Å². The van der Waals surface area contributed by atoms with Crippen molar-refractivity contribution in [1.29, 1.82) is 0 Å². The highest BCUT2D eigenvalue weighted by Crippen LogP contribution is 2.24. The van der Waals surface area contributed by atoms with Crippen LogP contribution in [0.5, 0.6) is 11.5 Å². The Balaban J connectivity index is 1.51. The van der Waals surface area contributed by atoms with Gasteiger partial charge in [-0.15, -0.1) is 0 Å². The Hall–Kier alpha value is -3.61. The second kappa shape index (κ2) is 10.1. The van der Waals surface area contributed by atoms with Crippen molar-refractivity contribution >= 4 is 5.91 Å². The Bertz CT molecular complexity index is 1100. The molecule has 3 rings (SSSR count). The van der Waals surface area contributed by atoms with Crippen molar-refractivity contribution < 1.29 is 14.3 Å². The van der Waals surface area contributed by atoms with Crippen LogP contribution in [0.3, 0.4) is 0 Å². The third-order valence-electron chi connectivity index (χ3n) is 4.99. The van der Waals surface area contributed by atoms with Gasteiger partial charge in [-0.3, -0.25) is 9.59 Å². The van der Waals surface area contributed by atoms with Crippen molar-refractivity contribution in [2.24, 2.45) is 0 Å². The van der Waals surface area contributed by atoms with Crippen molar-refractivity contribution in [3.63, 3.8) is 0 Å². The molecular formula is C25H29N3O4. The molecule has 1 heterocycles. The number of aromatic nitrogens is 2. The summed E-state index contributed by atoms with van der Waals surface area (Å²) in [7, 11) is 1.61. The molecule has 0 fully saturated rings. The number of nitrogens with zero attached hydrogens (tertiary/aromatic N) is 2. The number of carbonyl (C=O) groups excluding carboxylic acids is 1. The zero-order chi connectivity index (χ0) is 23.1. The SMILES string of the molecule is COc1ccc(-c2ccc(=O)n(CCNC(=O)COc3ccc(C(C)(C)C)cc3)n2)cc1. The highest BCUT2D eigenvalue weighted by molar-refractivity contribution is 5.77. The van der Waals surface area contributed by atoms with Gasteiger partial charge in [0, 0.05) is 18.2 Å². The molecule has 32 heavy (non-hydrogen) atoms. The molecule has 0 aliphatic heterocycles. The van der Waals surface area contributed by atoms with Crippen molar-refractivity contribution in [1.82, 2.24) is 15.1 Å².